The van der Waals surface area contributed by atoms with Crippen molar-refractivity contribution in [2.24, 2.45) is 0 Å². The summed E-state index contributed by atoms with van der Waals surface area (Å²) in [6.07, 6.45) is -0.864. The Labute approximate surface area is 115 Å². The fourth-order valence-electron chi connectivity index (χ4n) is 1.93. The van der Waals surface area contributed by atoms with Crippen molar-refractivity contribution < 1.29 is 13.2 Å². The number of pyridine rings is 1. The second-order valence-corrected chi connectivity index (χ2v) is 4.74. The van der Waals surface area contributed by atoms with Gasteiger partial charge >= 0.3 is 6.18 Å². The summed E-state index contributed by atoms with van der Waals surface area (Å²) in [7, 11) is 0. The molecule has 0 aliphatic heterocycles. The van der Waals surface area contributed by atoms with E-state index in [2.05, 4.69) is 10.3 Å². The first-order valence-corrected chi connectivity index (χ1v) is 6.21. The first-order valence-electron chi connectivity index (χ1n) is 6.21. The van der Waals surface area contributed by atoms with Gasteiger partial charge in [0.2, 0.25) is 0 Å². The number of aromatic nitrogens is 1. The minimum Gasteiger partial charge on any atom is -0.377 e. The fourth-order valence-corrected chi connectivity index (χ4v) is 1.93. The lowest BCUT2D eigenvalue weighted by Crippen LogP contribution is -2.09. The highest BCUT2D eigenvalue weighted by atomic mass is 19.4. The molecule has 1 N–H and O–H groups in total. The van der Waals surface area contributed by atoms with Gasteiger partial charge in [-0.25, -0.2) is 0 Å². The summed E-state index contributed by atoms with van der Waals surface area (Å²) in [6, 6.07) is 7.02. The molecule has 2 rings (SSSR count). The standard InChI is InChI=1S/C15H15F3N2/c1-10-7-14(9-19-8-10)20-11(2)12-3-5-13(6-4-12)15(16,17)18/h3-9,11,20H,1-2H3. The van der Waals surface area contributed by atoms with Gasteiger partial charge in [0.25, 0.3) is 0 Å². The summed E-state index contributed by atoms with van der Waals surface area (Å²) in [4.78, 5) is 4.07. The Balaban J connectivity index is 2.11. The Bertz CT molecular complexity index is 576. The van der Waals surface area contributed by atoms with Gasteiger partial charge in [0, 0.05) is 18.4 Å². The highest BCUT2D eigenvalue weighted by molar-refractivity contribution is 5.45. The van der Waals surface area contributed by atoms with Gasteiger partial charge in [-0.1, -0.05) is 12.1 Å². The average Bonchev–Trinajstić information content (AvgIpc) is 2.38. The van der Waals surface area contributed by atoms with Crippen molar-refractivity contribution in [3.05, 3.63) is 59.4 Å². The maximum absolute atomic E-state index is 12.5. The summed E-state index contributed by atoms with van der Waals surface area (Å²) < 4.78 is 37.5. The van der Waals surface area contributed by atoms with Crippen LogP contribution in [0.4, 0.5) is 18.9 Å². The summed E-state index contributed by atoms with van der Waals surface area (Å²) in [6.45, 7) is 3.83. The van der Waals surface area contributed by atoms with E-state index < -0.39 is 11.7 Å². The van der Waals surface area contributed by atoms with Crippen molar-refractivity contribution in [2.45, 2.75) is 26.1 Å². The van der Waals surface area contributed by atoms with Gasteiger partial charge in [-0.05, 0) is 43.2 Å². The molecule has 1 unspecified atom stereocenters. The van der Waals surface area contributed by atoms with Gasteiger partial charge < -0.3 is 5.32 Å². The fraction of sp³-hybridized carbons (Fsp3) is 0.267. The molecule has 1 aromatic heterocycles. The zero-order valence-corrected chi connectivity index (χ0v) is 11.2. The van der Waals surface area contributed by atoms with E-state index in [4.69, 9.17) is 0 Å². The molecule has 0 saturated heterocycles. The third-order valence-corrected chi connectivity index (χ3v) is 3.00. The van der Waals surface area contributed by atoms with Crippen molar-refractivity contribution in [1.29, 1.82) is 0 Å². The average molecular weight is 280 g/mol. The molecular formula is C15H15F3N2. The lowest BCUT2D eigenvalue weighted by molar-refractivity contribution is -0.137. The van der Waals surface area contributed by atoms with E-state index in [1.807, 2.05) is 19.9 Å². The van der Waals surface area contributed by atoms with E-state index in [1.165, 1.54) is 12.1 Å². The van der Waals surface area contributed by atoms with E-state index in [-0.39, 0.29) is 6.04 Å². The van der Waals surface area contributed by atoms with Gasteiger partial charge in [-0.15, -0.1) is 0 Å². The third kappa shape index (κ3) is 3.50. The molecule has 0 fully saturated rings. The van der Waals surface area contributed by atoms with Crippen molar-refractivity contribution in [3.8, 4) is 0 Å². The zero-order chi connectivity index (χ0) is 14.8. The zero-order valence-electron chi connectivity index (χ0n) is 11.2. The van der Waals surface area contributed by atoms with Crippen LogP contribution in [0.3, 0.4) is 0 Å². The predicted octanol–water partition coefficient (Wildman–Crippen LogP) is 4.58. The maximum Gasteiger partial charge on any atom is 0.416 e. The third-order valence-electron chi connectivity index (χ3n) is 3.00. The first-order chi connectivity index (χ1) is 9.36. The van der Waals surface area contributed by atoms with Crippen LogP contribution in [0.15, 0.2) is 42.7 Å². The smallest absolute Gasteiger partial charge is 0.377 e. The Morgan fingerprint density at radius 1 is 1.10 bits per heavy atom. The number of aryl methyl sites for hydroxylation is 1. The molecule has 0 saturated carbocycles. The van der Waals surface area contributed by atoms with Crippen LogP contribution in [0.2, 0.25) is 0 Å². The van der Waals surface area contributed by atoms with Crippen LogP contribution in [0.1, 0.15) is 29.7 Å². The monoisotopic (exact) mass is 280 g/mol. The Hall–Kier alpha value is -2.04. The lowest BCUT2D eigenvalue weighted by Gasteiger charge is -2.16. The number of hydrogen-bond acceptors (Lipinski definition) is 2. The van der Waals surface area contributed by atoms with Gasteiger partial charge in [-0.2, -0.15) is 13.2 Å². The van der Waals surface area contributed by atoms with Crippen LogP contribution >= 0.6 is 0 Å². The minimum absolute atomic E-state index is 0.0964. The molecule has 0 spiro atoms. The van der Waals surface area contributed by atoms with Crippen LogP contribution in [-0.2, 0) is 6.18 Å². The molecule has 0 aliphatic carbocycles. The molecule has 1 aromatic carbocycles. The van der Waals surface area contributed by atoms with E-state index in [0.717, 1.165) is 28.9 Å². The quantitative estimate of drug-likeness (QED) is 0.890. The SMILES string of the molecule is Cc1cncc(NC(C)c2ccc(C(F)(F)F)cc2)c1. The number of anilines is 1. The Morgan fingerprint density at radius 3 is 2.30 bits per heavy atom. The van der Waals surface area contributed by atoms with Gasteiger partial charge in [0.1, 0.15) is 0 Å². The molecule has 0 bridgehead atoms. The summed E-state index contributed by atoms with van der Waals surface area (Å²) in [5, 5.41) is 3.21. The van der Waals surface area contributed by atoms with Crippen molar-refractivity contribution in [1.82, 2.24) is 4.98 Å². The number of rotatable bonds is 3. The largest absolute Gasteiger partial charge is 0.416 e. The van der Waals surface area contributed by atoms with Crippen molar-refractivity contribution in [2.75, 3.05) is 5.32 Å². The topological polar surface area (TPSA) is 24.9 Å². The van der Waals surface area contributed by atoms with Crippen LogP contribution in [0.25, 0.3) is 0 Å². The highest BCUT2D eigenvalue weighted by Gasteiger charge is 2.30. The molecule has 0 aliphatic rings. The summed E-state index contributed by atoms with van der Waals surface area (Å²) >= 11 is 0. The number of benzene rings is 1. The van der Waals surface area contributed by atoms with E-state index >= 15 is 0 Å². The molecule has 2 nitrogen and oxygen atoms in total. The molecule has 0 radical (unpaired) electrons. The van der Waals surface area contributed by atoms with E-state index in [9.17, 15) is 13.2 Å². The van der Waals surface area contributed by atoms with Crippen LogP contribution in [0, 0.1) is 6.92 Å². The number of nitrogens with one attached hydrogen (secondary N) is 1. The highest BCUT2D eigenvalue weighted by Crippen LogP contribution is 2.30. The van der Waals surface area contributed by atoms with Crippen molar-refractivity contribution >= 4 is 5.69 Å². The Kier molecular flexibility index (Phi) is 3.97. The molecule has 0 amide bonds. The van der Waals surface area contributed by atoms with E-state index in [1.54, 1.807) is 12.4 Å². The molecule has 5 heteroatoms. The van der Waals surface area contributed by atoms with Crippen LogP contribution in [0.5, 0.6) is 0 Å². The second-order valence-electron chi connectivity index (χ2n) is 4.74. The molecule has 106 valence electrons. The van der Waals surface area contributed by atoms with Gasteiger partial charge in [0.05, 0.1) is 11.3 Å². The first kappa shape index (κ1) is 14.4. The predicted molar refractivity (Wildman–Crippen MR) is 72.5 cm³/mol. The molecule has 1 heterocycles. The van der Waals surface area contributed by atoms with Crippen LogP contribution < -0.4 is 5.32 Å². The molecular weight excluding hydrogens is 265 g/mol. The number of hydrogen-bond donors (Lipinski definition) is 1. The lowest BCUT2D eigenvalue weighted by atomic mass is 10.1. The maximum atomic E-state index is 12.5. The number of nitrogens with zero attached hydrogens (tertiary/aromatic N) is 1. The van der Waals surface area contributed by atoms with Gasteiger partial charge in [0.15, 0.2) is 0 Å². The van der Waals surface area contributed by atoms with Crippen molar-refractivity contribution in [3.63, 3.8) is 0 Å². The Morgan fingerprint density at radius 2 is 1.75 bits per heavy atom. The molecule has 2 aromatic rings. The summed E-state index contributed by atoms with van der Waals surface area (Å²) in [5.41, 5.74) is 2.03. The van der Waals surface area contributed by atoms with Crippen LogP contribution in [-0.4, -0.2) is 4.98 Å². The van der Waals surface area contributed by atoms with E-state index in [0.29, 0.717) is 0 Å². The second kappa shape index (κ2) is 5.53. The summed E-state index contributed by atoms with van der Waals surface area (Å²) in [5.74, 6) is 0. The van der Waals surface area contributed by atoms with Gasteiger partial charge in [-0.3, -0.25) is 4.98 Å². The molecule has 20 heavy (non-hydrogen) atoms. The number of alkyl halides is 3. The normalized spacial score (nSPS) is 13.1. The minimum atomic E-state index is -4.30. The number of halogens is 3. The molecule has 1 atom stereocenters.